The predicted octanol–water partition coefficient (Wildman–Crippen LogP) is 2.87. The summed E-state index contributed by atoms with van der Waals surface area (Å²) in [4.78, 5) is 17.0. The lowest BCUT2D eigenvalue weighted by molar-refractivity contribution is 0.0669. The van der Waals surface area contributed by atoms with Gasteiger partial charge >= 0.3 is 0 Å². The number of amides is 1. The van der Waals surface area contributed by atoms with Crippen LogP contribution in [0.5, 0.6) is 0 Å². The van der Waals surface area contributed by atoms with Crippen LogP contribution in [0, 0.1) is 0 Å². The van der Waals surface area contributed by atoms with E-state index in [-0.39, 0.29) is 5.91 Å². The van der Waals surface area contributed by atoms with E-state index in [0.29, 0.717) is 22.3 Å². The van der Waals surface area contributed by atoms with Crippen LogP contribution >= 0.6 is 11.6 Å². The quantitative estimate of drug-likeness (QED) is 0.851. The highest BCUT2D eigenvalue weighted by Gasteiger charge is 2.28. The first-order chi connectivity index (χ1) is 10.0. The van der Waals surface area contributed by atoms with Crippen molar-refractivity contribution in [3.63, 3.8) is 0 Å². The van der Waals surface area contributed by atoms with Gasteiger partial charge < -0.3 is 15.5 Å². The molecule has 0 aliphatic heterocycles. The lowest BCUT2D eigenvalue weighted by Gasteiger charge is -2.30. The normalized spacial score (nSPS) is 15.6. The van der Waals surface area contributed by atoms with Gasteiger partial charge in [0.2, 0.25) is 0 Å². The fraction of sp³-hybridized carbons (Fsp3) is 0.562. The van der Waals surface area contributed by atoms with Crippen LogP contribution in [0.3, 0.4) is 0 Å². The zero-order valence-electron chi connectivity index (χ0n) is 12.8. The van der Waals surface area contributed by atoms with E-state index in [0.717, 1.165) is 25.9 Å². The van der Waals surface area contributed by atoms with Gasteiger partial charge in [-0.3, -0.25) is 4.79 Å². The molecule has 1 aromatic carbocycles. The third-order valence-corrected chi connectivity index (χ3v) is 4.43. The van der Waals surface area contributed by atoms with Crippen molar-refractivity contribution in [1.29, 1.82) is 0 Å². The number of carbonyl (C=O) groups excluding carboxylic acids is 1. The maximum Gasteiger partial charge on any atom is 0.256 e. The summed E-state index contributed by atoms with van der Waals surface area (Å²) in [6, 6.07) is 5.59. The van der Waals surface area contributed by atoms with Gasteiger partial charge in [0.1, 0.15) is 0 Å². The Balaban J connectivity index is 2.22. The number of benzene rings is 1. The third kappa shape index (κ3) is 3.89. The molecular weight excluding hydrogens is 286 g/mol. The molecule has 1 aromatic rings. The summed E-state index contributed by atoms with van der Waals surface area (Å²) >= 11 is 6.05. The average Bonchev–Trinajstić information content (AvgIpc) is 2.95. The number of rotatable bonds is 5. The van der Waals surface area contributed by atoms with E-state index in [4.69, 9.17) is 17.3 Å². The van der Waals surface area contributed by atoms with Crippen molar-refractivity contribution in [3.8, 4) is 0 Å². The van der Waals surface area contributed by atoms with Crippen LogP contribution < -0.4 is 5.73 Å². The number of nitrogens with two attached hydrogens (primary N) is 1. The molecule has 2 rings (SSSR count). The first kappa shape index (κ1) is 16.1. The van der Waals surface area contributed by atoms with Crippen LogP contribution in [0.1, 0.15) is 36.0 Å². The first-order valence-electron chi connectivity index (χ1n) is 7.50. The van der Waals surface area contributed by atoms with E-state index in [9.17, 15) is 4.79 Å². The van der Waals surface area contributed by atoms with Crippen molar-refractivity contribution in [1.82, 2.24) is 9.80 Å². The second-order valence-corrected chi connectivity index (χ2v) is 6.35. The molecule has 21 heavy (non-hydrogen) atoms. The minimum Gasteiger partial charge on any atom is -0.397 e. The Bertz CT molecular complexity index is 498. The van der Waals surface area contributed by atoms with Gasteiger partial charge in [-0.1, -0.05) is 30.5 Å². The van der Waals surface area contributed by atoms with Gasteiger partial charge in [0, 0.05) is 19.1 Å². The molecule has 1 aliphatic rings. The lowest BCUT2D eigenvalue weighted by Crippen LogP contribution is -2.43. The summed E-state index contributed by atoms with van der Waals surface area (Å²) in [5.41, 5.74) is 6.89. The summed E-state index contributed by atoms with van der Waals surface area (Å²) in [6.45, 7) is 1.57. The Morgan fingerprint density at radius 1 is 1.29 bits per heavy atom. The summed E-state index contributed by atoms with van der Waals surface area (Å²) in [5.74, 6) is 0.00347. The molecule has 1 aliphatic carbocycles. The van der Waals surface area contributed by atoms with Gasteiger partial charge in [0.05, 0.1) is 16.3 Å². The zero-order chi connectivity index (χ0) is 15.4. The molecule has 4 nitrogen and oxygen atoms in total. The van der Waals surface area contributed by atoms with Crippen molar-refractivity contribution < 1.29 is 4.79 Å². The molecule has 0 atom stereocenters. The van der Waals surface area contributed by atoms with Crippen LogP contribution in [0.25, 0.3) is 0 Å². The fourth-order valence-corrected chi connectivity index (χ4v) is 3.03. The molecular formula is C16H24ClN3O. The van der Waals surface area contributed by atoms with Gasteiger partial charge in [-0.2, -0.15) is 0 Å². The SMILES string of the molecule is CN(C)CCN(C(=O)c1cccc(Cl)c1N)C1CCCC1. The Labute approximate surface area is 131 Å². The Morgan fingerprint density at radius 2 is 1.95 bits per heavy atom. The molecule has 0 heterocycles. The number of halogens is 1. The predicted molar refractivity (Wildman–Crippen MR) is 87.7 cm³/mol. The highest BCUT2D eigenvalue weighted by Crippen LogP contribution is 2.28. The smallest absolute Gasteiger partial charge is 0.256 e. The van der Waals surface area contributed by atoms with Gasteiger partial charge in [0.25, 0.3) is 5.91 Å². The van der Waals surface area contributed by atoms with E-state index in [2.05, 4.69) is 4.90 Å². The van der Waals surface area contributed by atoms with Gasteiger partial charge in [-0.15, -0.1) is 0 Å². The van der Waals surface area contributed by atoms with Gasteiger partial charge in [-0.05, 0) is 39.1 Å². The Hall–Kier alpha value is -1.26. The van der Waals surface area contributed by atoms with Crippen LogP contribution in [-0.4, -0.2) is 48.9 Å². The van der Waals surface area contributed by atoms with Gasteiger partial charge in [-0.25, -0.2) is 0 Å². The van der Waals surface area contributed by atoms with Crippen LogP contribution in [-0.2, 0) is 0 Å². The minimum absolute atomic E-state index is 0.00347. The number of carbonyl (C=O) groups is 1. The molecule has 116 valence electrons. The molecule has 0 saturated heterocycles. The number of para-hydroxylation sites is 1. The number of nitrogen functional groups attached to an aromatic ring is 1. The van der Waals surface area contributed by atoms with E-state index in [1.165, 1.54) is 12.8 Å². The van der Waals surface area contributed by atoms with E-state index in [1.807, 2.05) is 19.0 Å². The maximum absolute atomic E-state index is 12.9. The van der Waals surface area contributed by atoms with Crippen molar-refractivity contribution in [2.24, 2.45) is 0 Å². The highest BCUT2D eigenvalue weighted by molar-refractivity contribution is 6.33. The van der Waals surface area contributed by atoms with Gasteiger partial charge in [0.15, 0.2) is 0 Å². The van der Waals surface area contributed by atoms with E-state index >= 15 is 0 Å². The Kier molecular flexibility index (Phi) is 5.48. The van der Waals surface area contributed by atoms with Crippen LogP contribution in [0.2, 0.25) is 5.02 Å². The van der Waals surface area contributed by atoms with Crippen LogP contribution in [0.4, 0.5) is 5.69 Å². The summed E-state index contributed by atoms with van der Waals surface area (Å²) in [7, 11) is 4.04. The molecule has 0 unspecified atom stereocenters. The standard InChI is InChI=1S/C16H24ClN3O/c1-19(2)10-11-20(12-6-3-4-7-12)16(21)13-8-5-9-14(17)15(13)18/h5,8-9,12H,3-4,6-7,10-11,18H2,1-2H3. The molecule has 2 N–H and O–H groups in total. The first-order valence-corrected chi connectivity index (χ1v) is 7.88. The molecule has 0 radical (unpaired) electrons. The number of anilines is 1. The summed E-state index contributed by atoms with van der Waals surface area (Å²) in [6.07, 6.45) is 4.56. The van der Waals surface area contributed by atoms with Crippen molar-refractivity contribution in [3.05, 3.63) is 28.8 Å². The topological polar surface area (TPSA) is 49.6 Å². The van der Waals surface area contributed by atoms with E-state index in [1.54, 1.807) is 18.2 Å². The number of hydrogen-bond acceptors (Lipinski definition) is 3. The van der Waals surface area contributed by atoms with Crippen molar-refractivity contribution >= 4 is 23.2 Å². The molecule has 0 bridgehead atoms. The molecule has 5 heteroatoms. The van der Waals surface area contributed by atoms with Crippen molar-refractivity contribution in [2.45, 2.75) is 31.7 Å². The average molecular weight is 310 g/mol. The second-order valence-electron chi connectivity index (χ2n) is 5.94. The molecule has 0 aromatic heterocycles. The largest absolute Gasteiger partial charge is 0.397 e. The maximum atomic E-state index is 12.9. The zero-order valence-corrected chi connectivity index (χ0v) is 13.6. The summed E-state index contributed by atoms with van der Waals surface area (Å²) in [5, 5.41) is 0.444. The lowest BCUT2D eigenvalue weighted by atomic mass is 10.1. The molecule has 1 fully saturated rings. The Morgan fingerprint density at radius 3 is 2.57 bits per heavy atom. The second kappa shape index (κ2) is 7.14. The minimum atomic E-state index is 0.00347. The third-order valence-electron chi connectivity index (χ3n) is 4.10. The molecule has 0 spiro atoms. The number of likely N-dealkylation sites (N-methyl/N-ethyl adjacent to an activating group) is 1. The van der Waals surface area contributed by atoms with Crippen molar-refractivity contribution in [2.75, 3.05) is 32.9 Å². The monoisotopic (exact) mass is 309 g/mol. The van der Waals surface area contributed by atoms with E-state index < -0.39 is 0 Å². The molecule has 1 saturated carbocycles. The summed E-state index contributed by atoms with van der Waals surface area (Å²) < 4.78 is 0. The highest BCUT2D eigenvalue weighted by atomic mass is 35.5. The van der Waals surface area contributed by atoms with Crippen LogP contribution in [0.15, 0.2) is 18.2 Å². The molecule has 1 amide bonds. The number of nitrogens with zero attached hydrogens (tertiary/aromatic N) is 2. The number of hydrogen-bond donors (Lipinski definition) is 1. The fourth-order valence-electron chi connectivity index (χ4n) is 2.85.